The van der Waals surface area contributed by atoms with E-state index in [4.69, 9.17) is 4.74 Å². The van der Waals surface area contributed by atoms with Gasteiger partial charge in [0.05, 0.1) is 19.1 Å². The zero-order valence-electron chi connectivity index (χ0n) is 30.0. The minimum atomic E-state index is -1.52. The minimum Gasteiger partial charge on any atom is -0.460 e. The Balaban J connectivity index is 3.41. The normalized spacial score (nSPS) is 25.9. The summed E-state index contributed by atoms with van der Waals surface area (Å²) in [6.45, 7) is 8.74. The van der Waals surface area contributed by atoms with Crippen LogP contribution in [0.4, 0.5) is 0 Å². The summed E-state index contributed by atoms with van der Waals surface area (Å²) in [5.41, 5.74) is 0. The molecule has 6 N–H and O–H groups in total. The minimum absolute atomic E-state index is 0.00395. The van der Waals surface area contributed by atoms with Crippen molar-refractivity contribution in [1.29, 1.82) is 0 Å². The van der Waals surface area contributed by atoms with Crippen molar-refractivity contribution in [3.63, 3.8) is 0 Å². The topological polar surface area (TPSA) is 203 Å². The maximum absolute atomic E-state index is 13.9. The highest BCUT2D eigenvalue weighted by molar-refractivity contribution is 5.96. The van der Waals surface area contributed by atoms with E-state index in [1.807, 2.05) is 13.8 Å². The van der Waals surface area contributed by atoms with Gasteiger partial charge >= 0.3 is 5.97 Å². The van der Waals surface area contributed by atoms with Crippen LogP contribution in [-0.2, 0) is 33.5 Å². The van der Waals surface area contributed by atoms with Crippen LogP contribution in [0.25, 0.3) is 0 Å². The number of cyclic esters (lactones) is 1. The lowest BCUT2D eigenvalue weighted by molar-refractivity contribution is -0.157. The van der Waals surface area contributed by atoms with Gasteiger partial charge in [0, 0.05) is 7.05 Å². The van der Waals surface area contributed by atoms with Crippen molar-refractivity contribution in [1.82, 2.24) is 26.2 Å². The van der Waals surface area contributed by atoms with Crippen molar-refractivity contribution >= 4 is 35.5 Å². The predicted octanol–water partition coefficient (Wildman–Crippen LogP) is 1.16. The summed E-state index contributed by atoms with van der Waals surface area (Å²) in [5.74, 6) is -5.70. The third kappa shape index (κ3) is 14.5. The summed E-state index contributed by atoms with van der Waals surface area (Å²) in [7, 11) is 1.51. The number of likely N-dealkylation sites (N-methyl/N-ethyl adjacent to an activating group) is 1. The molecular weight excluding hydrogens is 622 g/mol. The molecule has 0 aromatic heterocycles. The van der Waals surface area contributed by atoms with Gasteiger partial charge in [-0.05, 0) is 31.1 Å². The Morgan fingerprint density at radius 2 is 1.31 bits per heavy atom. The molecule has 6 atom stereocenters. The molecule has 48 heavy (non-hydrogen) atoms. The number of hydrogen-bond donors (Lipinski definition) is 6. The lowest BCUT2D eigenvalue weighted by atomic mass is 9.94. The standard InChI is InChI=1S/C34H61N5O9/c1-8-9-10-11-12-13-14-15-16-27-23(6)34(47)39(7)26(17-21(2)3)32(45)38-29(22(4)5)33(46)37-25(20-41)31(44)36-24(19-40)30(43)35-18-28(42)48-27/h21-27,29,40-41H,8-20H2,1-7H3,(H,35,43)(H,36,44)(H,37,46)(H,38,45)/t23-,24+,25+,26+,27?,29+/m1/s1. The molecule has 1 heterocycles. The molecule has 14 nitrogen and oxygen atoms in total. The van der Waals surface area contributed by atoms with Crippen LogP contribution in [0.15, 0.2) is 0 Å². The van der Waals surface area contributed by atoms with Crippen LogP contribution >= 0.6 is 0 Å². The number of carbonyl (C=O) groups is 6. The number of hydrogen-bond acceptors (Lipinski definition) is 9. The van der Waals surface area contributed by atoms with Crippen molar-refractivity contribution in [2.45, 2.75) is 136 Å². The summed E-state index contributed by atoms with van der Waals surface area (Å²) in [6, 6.07) is -5.11. The molecule has 1 aliphatic rings. The van der Waals surface area contributed by atoms with Gasteiger partial charge in [-0.1, -0.05) is 86.5 Å². The Morgan fingerprint density at radius 3 is 1.85 bits per heavy atom. The molecule has 1 aliphatic heterocycles. The number of aliphatic hydroxyl groups excluding tert-OH is 2. The van der Waals surface area contributed by atoms with Gasteiger partial charge in [-0.2, -0.15) is 0 Å². The van der Waals surface area contributed by atoms with Crippen molar-refractivity contribution in [2.24, 2.45) is 17.8 Å². The molecule has 1 rings (SSSR count). The van der Waals surface area contributed by atoms with Gasteiger partial charge in [-0.25, -0.2) is 0 Å². The number of nitrogens with zero attached hydrogens (tertiary/aromatic N) is 1. The number of amides is 5. The van der Waals surface area contributed by atoms with E-state index in [-0.39, 0.29) is 12.3 Å². The second kappa shape index (κ2) is 22.4. The Hall–Kier alpha value is -3.26. The Kier molecular flexibility index (Phi) is 19.9. The molecular formula is C34H61N5O9. The third-order valence-corrected chi connectivity index (χ3v) is 8.67. The number of ether oxygens (including phenoxy) is 1. The average molecular weight is 684 g/mol. The summed E-state index contributed by atoms with van der Waals surface area (Å²) >= 11 is 0. The first-order valence-corrected chi connectivity index (χ1v) is 17.5. The number of carbonyl (C=O) groups excluding carboxylic acids is 6. The first-order valence-electron chi connectivity index (χ1n) is 17.5. The second-order valence-electron chi connectivity index (χ2n) is 13.6. The molecule has 0 spiro atoms. The Labute approximate surface area is 285 Å². The van der Waals surface area contributed by atoms with Gasteiger partial charge in [0.1, 0.15) is 36.8 Å². The Morgan fingerprint density at radius 1 is 0.771 bits per heavy atom. The zero-order valence-corrected chi connectivity index (χ0v) is 30.0. The highest BCUT2D eigenvalue weighted by Crippen LogP contribution is 2.22. The predicted molar refractivity (Wildman–Crippen MR) is 180 cm³/mol. The number of rotatable bonds is 14. The molecule has 1 saturated heterocycles. The molecule has 0 bridgehead atoms. The lowest BCUT2D eigenvalue weighted by Gasteiger charge is -2.34. The molecule has 276 valence electrons. The van der Waals surface area contributed by atoms with Crippen molar-refractivity contribution in [3.8, 4) is 0 Å². The van der Waals surface area contributed by atoms with E-state index in [2.05, 4.69) is 28.2 Å². The van der Waals surface area contributed by atoms with E-state index < -0.39 is 97.4 Å². The second-order valence-corrected chi connectivity index (χ2v) is 13.6. The highest BCUT2D eigenvalue weighted by Gasteiger charge is 2.37. The van der Waals surface area contributed by atoms with Gasteiger partial charge in [0.15, 0.2) is 0 Å². The van der Waals surface area contributed by atoms with E-state index in [0.717, 1.165) is 25.7 Å². The fourth-order valence-corrected chi connectivity index (χ4v) is 5.61. The van der Waals surface area contributed by atoms with E-state index in [9.17, 15) is 39.0 Å². The summed E-state index contributed by atoms with van der Waals surface area (Å²) in [6.07, 6.45) is 8.24. The maximum atomic E-state index is 13.9. The molecule has 1 unspecified atom stereocenters. The van der Waals surface area contributed by atoms with Gasteiger partial charge in [0.25, 0.3) is 0 Å². The fraction of sp³-hybridized carbons (Fsp3) is 0.824. The van der Waals surface area contributed by atoms with Crippen LogP contribution in [-0.4, -0.2) is 108 Å². The maximum Gasteiger partial charge on any atom is 0.325 e. The Bertz CT molecular complexity index is 1050. The molecule has 0 aliphatic carbocycles. The molecule has 1 fully saturated rings. The number of unbranched alkanes of at least 4 members (excludes halogenated alkanes) is 7. The van der Waals surface area contributed by atoms with Crippen LogP contribution in [0.5, 0.6) is 0 Å². The van der Waals surface area contributed by atoms with E-state index >= 15 is 0 Å². The van der Waals surface area contributed by atoms with Crippen LogP contribution in [0, 0.1) is 17.8 Å². The highest BCUT2D eigenvalue weighted by atomic mass is 16.5. The van der Waals surface area contributed by atoms with Gasteiger partial charge in [0.2, 0.25) is 29.5 Å². The molecule has 0 saturated carbocycles. The van der Waals surface area contributed by atoms with Crippen molar-refractivity contribution < 1.29 is 43.7 Å². The summed E-state index contributed by atoms with van der Waals surface area (Å²) < 4.78 is 5.75. The smallest absolute Gasteiger partial charge is 0.325 e. The number of aliphatic hydroxyl groups is 2. The molecule has 0 aromatic rings. The van der Waals surface area contributed by atoms with Gasteiger partial charge in [-0.15, -0.1) is 0 Å². The summed E-state index contributed by atoms with van der Waals surface area (Å²) in [5, 5.41) is 29.4. The first-order chi connectivity index (χ1) is 22.7. The van der Waals surface area contributed by atoms with E-state index in [0.29, 0.717) is 12.8 Å². The van der Waals surface area contributed by atoms with E-state index in [1.54, 1.807) is 20.8 Å². The quantitative estimate of drug-likeness (QED) is 0.115. The van der Waals surface area contributed by atoms with Crippen LogP contribution in [0.1, 0.15) is 106 Å². The lowest BCUT2D eigenvalue weighted by Crippen LogP contribution is -2.60. The molecule has 0 radical (unpaired) electrons. The monoisotopic (exact) mass is 683 g/mol. The van der Waals surface area contributed by atoms with Crippen molar-refractivity contribution in [2.75, 3.05) is 26.8 Å². The molecule has 5 amide bonds. The largest absolute Gasteiger partial charge is 0.460 e. The van der Waals surface area contributed by atoms with Crippen LogP contribution in [0.3, 0.4) is 0 Å². The molecule has 0 aromatic carbocycles. The van der Waals surface area contributed by atoms with Crippen LogP contribution < -0.4 is 21.3 Å². The van der Waals surface area contributed by atoms with Gasteiger partial charge < -0.3 is 41.1 Å². The average Bonchev–Trinajstić information content (AvgIpc) is 3.04. The number of esters is 1. The molecule has 14 heteroatoms. The zero-order chi connectivity index (χ0) is 36.4. The van der Waals surface area contributed by atoms with Crippen LogP contribution in [0.2, 0.25) is 0 Å². The van der Waals surface area contributed by atoms with Gasteiger partial charge in [-0.3, -0.25) is 28.8 Å². The SMILES string of the molecule is CCCCCCCCCCC1OC(=O)CNC(=O)[C@H](CO)NC(=O)[C@H](CO)NC(=O)[C@H](C(C)C)NC(=O)[C@H](CC(C)C)N(C)C(=O)[C@@H]1C. The van der Waals surface area contributed by atoms with E-state index in [1.165, 1.54) is 31.2 Å². The first kappa shape index (κ1) is 42.8. The summed E-state index contributed by atoms with van der Waals surface area (Å²) in [4.78, 5) is 80.9. The number of nitrogens with one attached hydrogen (secondary N) is 4. The fourth-order valence-electron chi connectivity index (χ4n) is 5.61. The van der Waals surface area contributed by atoms with Crippen molar-refractivity contribution in [3.05, 3.63) is 0 Å². The third-order valence-electron chi connectivity index (χ3n) is 8.67.